The van der Waals surface area contributed by atoms with E-state index in [1.54, 1.807) is 6.07 Å². The van der Waals surface area contributed by atoms with Gasteiger partial charge in [-0.25, -0.2) is 0 Å². The topological polar surface area (TPSA) is 199 Å². The minimum atomic E-state index is -3.51. The van der Waals surface area contributed by atoms with Gasteiger partial charge in [-0.15, -0.1) is 0 Å². The smallest absolute Gasteiger partial charge is 0.781 e. The van der Waals surface area contributed by atoms with Gasteiger partial charge in [0.15, 0.2) is 0 Å². The molecule has 0 bridgehead atoms. The number of benzene rings is 1. The van der Waals surface area contributed by atoms with Crippen LogP contribution in [0.2, 0.25) is 15.1 Å². The van der Waals surface area contributed by atoms with E-state index >= 15 is 0 Å². The summed E-state index contributed by atoms with van der Waals surface area (Å²) in [6, 6.07) is 3.06. The summed E-state index contributed by atoms with van der Waals surface area (Å²) >= 11 is 17.0. The number of halogens is 3. The largest absolute Gasteiger partial charge is 1.00 e. The van der Waals surface area contributed by atoms with E-state index in [0.717, 1.165) is 0 Å². The zero-order chi connectivity index (χ0) is 20.2. The molecule has 29 heavy (non-hydrogen) atoms. The maximum absolute atomic E-state index is 9.29. The van der Waals surface area contributed by atoms with Gasteiger partial charge in [0.1, 0.15) is 33.0 Å². The van der Waals surface area contributed by atoms with Crippen LogP contribution < -0.4 is 138 Å². The second kappa shape index (κ2) is 29.0. The van der Waals surface area contributed by atoms with Gasteiger partial charge in [-0.05, 0) is 17.7 Å². The third kappa shape index (κ3) is 32.7. The molecule has 1 rings (SSSR count). The normalized spacial score (nSPS) is 12.8. The Hall–Kier alpha value is 4.73. The van der Waals surface area contributed by atoms with E-state index < -0.39 is 33.0 Å². The van der Waals surface area contributed by atoms with Crippen LogP contribution in [0, 0.1) is 0 Å². The monoisotopic (exact) mass is 590 g/mol. The third-order valence-electron chi connectivity index (χ3n) is 1.59. The number of hydrogen-bond acceptors (Lipinski definition) is 11. The molecule has 1 aromatic rings. The molecule has 0 aliphatic carbocycles. The minimum absolute atomic E-state index is 0. The standard InChI is InChI=1S/C7H5Cl3O.4Na.2H4O5P2/c8-5-2-7(10)6(9)1-4(5)3-11;;;;;2*1-6(2)5-7(3)4/h1-2,11H,3H2;;;;;2*6-7H,(H,1,2)(H,3,4)/q;4*+1;;/p-4. The van der Waals surface area contributed by atoms with Crippen molar-refractivity contribution in [2.75, 3.05) is 0 Å². The molecule has 0 aliphatic rings. The molecule has 0 radical (unpaired) electrons. The Labute approximate surface area is 272 Å². The van der Waals surface area contributed by atoms with Crippen LogP contribution in [0.5, 0.6) is 0 Å². The van der Waals surface area contributed by atoms with E-state index in [1.165, 1.54) is 6.07 Å². The van der Waals surface area contributed by atoms with Crippen LogP contribution in [0.15, 0.2) is 12.1 Å². The van der Waals surface area contributed by atoms with Crippen molar-refractivity contribution in [2.45, 2.75) is 6.61 Å². The summed E-state index contributed by atoms with van der Waals surface area (Å²) in [4.78, 5) is 37.1. The first-order valence-electron chi connectivity index (χ1n) is 5.34. The van der Waals surface area contributed by atoms with Crippen molar-refractivity contribution >= 4 is 67.8 Å². The third-order valence-corrected chi connectivity index (χ3v) is 5.33. The molecule has 0 saturated carbocycles. The molecule has 0 heterocycles. The van der Waals surface area contributed by atoms with Crippen molar-refractivity contribution in [3.8, 4) is 0 Å². The Balaban J connectivity index is -0.0000000665. The average Bonchev–Trinajstić information content (AvgIpc) is 2.41. The predicted octanol–water partition coefficient (Wildman–Crippen LogP) is -11.8. The van der Waals surface area contributed by atoms with Gasteiger partial charge in [0, 0.05) is 5.02 Å². The van der Waals surface area contributed by atoms with E-state index in [9.17, 15) is 37.8 Å². The van der Waals surface area contributed by atoms with Gasteiger partial charge >= 0.3 is 118 Å². The Morgan fingerprint density at radius 3 is 1.17 bits per heavy atom. The van der Waals surface area contributed by atoms with Gasteiger partial charge in [0.05, 0.1) is 16.7 Å². The molecule has 0 saturated heterocycles. The molecule has 0 fully saturated rings. The maximum Gasteiger partial charge on any atom is 1.00 e. The first-order valence-corrected chi connectivity index (χ1v) is 11.4. The molecule has 0 aliphatic heterocycles. The van der Waals surface area contributed by atoms with E-state index in [-0.39, 0.29) is 125 Å². The molecule has 0 aromatic heterocycles. The second-order valence-corrected chi connectivity index (χ2v) is 8.07. The van der Waals surface area contributed by atoms with Crippen LogP contribution in [0.25, 0.3) is 0 Å². The average molecular weight is 591 g/mol. The molecule has 0 amide bonds. The summed E-state index contributed by atoms with van der Waals surface area (Å²) in [5, 5.41) is 9.98. The zero-order valence-electron chi connectivity index (χ0n) is 15.5. The first-order chi connectivity index (χ1) is 11.4. The Morgan fingerprint density at radius 2 is 0.966 bits per heavy atom. The zero-order valence-corrected chi connectivity index (χ0v) is 29.8. The summed E-state index contributed by atoms with van der Waals surface area (Å²) in [5.41, 5.74) is 0.584. The molecule has 4 atom stereocenters. The van der Waals surface area contributed by atoms with Gasteiger partial charge in [-0.1, -0.05) is 34.8 Å². The van der Waals surface area contributed by atoms with Gasteiger partial charge in [0.25, 0.3) is 0 Å². The Kier molecular flexibility index (Phi) is 46.9. The van der Waals surface area contributed by atoms with Crippen molar-refractivity contribution in [2.24, 2.45) is 0 Å². The molecular weight excluding hydrogens is 582 g/mol. The van der Waals surface area contributed by atoms with E-state index in [0.29, 0.717) is 20.6 Å². The minimum Gasteiger partial charge on any atom is -0.781 e. The quantitative estimate of drug-likeness (QED) is 0.194. The summed E-state index contributed by atoms with van der Waals surface area (Å²) < 4.78 is 43.6. The van der Waals surface area contributed by atoms with Gasteiger partial charge < -0.3 is 42.9 Å². The Morgan fingerprint density at radius 1 is 0.690 bits per heavy atom. The second-order valence-electron chi connectivity index (χ2n) is 3.22. The molecule has 1 aromatic carbocycles. The first kappa shape index (κ1) is 47.0. The maximum atomic E-state index is 9.29. The fourth-order valence-corrected chi connectivity index (χ4v) is 2.54. The fraction of sp³-hybridized carbons (Fsp3) is 0.143. The van der Waals surface area contributed by atoms with Crippen LogP contribution >= 0.6 is 67.8 Å². The summed E-state index contributed by atoms with van der Waals surface area (Å²) in [7, 11) is -14.1. The van der Waals surface area contributed by atoms with E-state index in [1.807, 2.05) is 0 Å². The molecule has 148 valence electrons. The van der Waals surface area contributed by atoms with Gasteiger partial charge in [-0.3, -0.25) is 8.62 Å². The molecule has 11 nitrogen and oxygen atoms in total. The molecule has 1 N–H and O–H groups in total. The number of hydrogen-bond donors (Lipinski definition) is 1. The van der Waals surface area contributed by atoms with Crippen LogP contribution in [-0.2, 0) is 33.5 Å². The summed E-state index contributed by atoms with van der Waals surface area (Å²) in [6.07, 6.45) is 0. The van der Waals surface area contributed by atoms with Crippen LogP contribution in [-0.4, -0.2) is 5.11 Å². The Bertz CT molecular complexity index is 609. The predicted molar refractivity (Wildman–Crippen MR) is 85.6 cm³/mol. The fourth-order valence-electron chi connectivity index (χ4n) is 0.821. The summed E-state index contributed by atoms with van der Waals surface area (Å²) in [5.74, 6) is 0. The SMILES string of the molecule is O=[PH]([O-])O[PH](=O)[O-].O=[PH]([O-])O[PH](=O)[O-].OCc1cc(Cl)c(Cl)cc1Cl.[Na+].[Na+].[Na+].[Na+]. The van der Waals surface area contributed by atoms with E-state index in [4.69, 9.17) is 39.9 Å². The van der Waals surface area contributed by atoms with Crippen molar-refractivity contribution in [3.05, 3.63) is 32.8 Å². The number of aliphatic hydroxyl groups is 1. The van der Waals surface area contributed by atoms with Crippen molar-refractivity contribution in [1.82, 2.24) is 0 Å². The molecule has 4 unspecified atom stereocenters. The molecular formula is C7H9Cl3Na4O11P4. The van der Waals surface area contributed by atoms with E-state index in [2.05, 4.69) is 8.62 Å². The van der Waals surface area contributed by atoms with Crippen molar-refractivity contribution < 1.29 is 170 Å². The number of rotatable bonds is 5. The van der Waals surface area contributed by atoms with Crippen molar-refractivity contribution in [1.29, 1.82) is 0 Å². The molecule has 0 spiro atoms. The van der Waals surface area contributed by atoms with Crippen LogP contribution in [0.4, 0.5) is 0 Å². The molecule has 22 heteroatoms. The summed E-state index contributed by atoms with van der Waals surface area (Å²) in [6.45, 7) is -0.129. The van der Waals surface area contributed by atoms with Crippen LogP contribution in [0.1, 0.15) is 5.56 Å². The van der Waals surface area contributed by atoms with Gasteiger partial charge in [0.2, 0.25) is 0 Å². The van der Waals surface area contributed by atoms with Crippen molar-refractivity contribution in [3.63, 3.8) is 0 Å². The van der Waals surface area contributed by atoms with Gasteiger partial charge in [-0.2, -0.15) is 0 Å². The van der Waals surface area contributed by atoms with Crippen LogP contribution in [0.3, 0.4) is 0 Å². The number of aliphatic hydroxyl groups excluding tert-OH is 1.